The molecule has 2 aromatic carbocycles. The van der Waals surface area contributed by atoms with Crippen LogP contribution in [0.25, 0.3) is 0 Å². The highest BCUT2D eigenvalue weighted by Gasteiger charge is 2.17. The number of amides is 2. The number of benzene rings is 2. The van der Waals surface area contributed by atoms with Crippen molar-refractivity contribution in [3.63, 3.8) is 0 Å². The Kier molecular flexibility index (Phi) is 5.63. The Morgan fingerprint density at radius 1 is 0.880 bits per heavy atom. The zero-order chi connectivity index (χ0) is 18.6. The first-order chi connectivity index (χ1) is 11.8. The Morgan fingerprint density at radius 2 is 1.48 bits per heavy atom. The molecule has 2 amide bonds. The molecule has 0 aliphatic heterocycles. The quantitative estimate of drug-likeness (QED) is 0.643. The molecule has 0 fully saturated rings. The second-order valence-electron chi connectivity index (χ2n) is 5.44. The first kappa shape index (κ1) is 18.3. The van der Waals surface area contributed by atoms with Crippen molar-refractivity contribution >= 4 is 28.9 Å². The average molecular weight is 351 g/mol. The highest BCUT2D eigenvalue weighted by Crippen LogP contribution is 2.20. The molecule has 2 rings (SSSR count). The van der Waals surface area contributed by atoms with Gasteiger partial charge >= 0.3 is 0 Å². The van der Waals surface area contributed by atoms with Crippen molar-refractivity contribution in [2.45, 2.75) is 6.42 Å². The van der Waals surface area contributed by atoms with Crippen LogP contribution in [-0.2, 0) is 9.59 Å². The molecule has 0 radical (unpaired) electrons. The minimum absolute atomic E-state index is 0.488. The normalized spacial score (nSPS) is 10.3. The summed E-state index contributed by atoms with van der Waals surface area (Å²) in [5, 5.41) is 4.54. The van der Waals surface area contributed by atoms with Gasteiger partial charge in [0.25, 0.3) is 0 Å². The lowest BCUT2D eigenvalue weighted by atomic mass is 10.2. The molecule has 0 heterocycles. The molecule has 0 atom stereocenters. The molecule has 0 aliphatic rings. The van der Waals surface area contributed by atoms with Gasteiger partial charge < -0.3 is 15.5 Å². The van der Waals surface area contributed by atoms with E-state index in [-0.39, 0.29) is 0 Å². The predicted octanol–water partition coefficient (Wildman–Crippen LogP) is 3.14. The molecule has 0 aromatic heterocycles. The van der Waals surface area contributed by atoms with Gasteiger partial charge in [0.2, 0.25) is 11.8 Å². The zero-order valence-electron chi connectivity index (χ0n) is 13.6. The van der Waals surface area contributed by atoms with Crippen LogP contribution in [0.3, 0.4) is 0 Å². The third-order valence-electron chi connectivity index (χ3n) is 3.30. The van der Waals surface area contributed by atoms with E-state index < -0.39 is 41.4 Å². The van der Waals surface area contributed by atoms with Crippen molar-refractivity contribution in [1.82, 2.24) is 0 Å². The summed E-state index contributed by atoms with van der Waals surface area (Å²) in [5.74, 6) is -6.06. The molecule has 0 saturated heterocycles. The fourth-order valence-corrected chi connectivity index (χ4v) is 2.01. The van der Waals surface area contributed by atoms with E-state index in [1.165, 1.54) is 0 Å². The van der Waals surface area contributed by atoms with E-state index in [4.69, 9.17) is 0 Å². The molecule has 8 heteroatoms. The van der Waals surface area contributed by atoms with E-state index in [0.29, 0.717) is 11.8 Å². The summed E-state index contributed by atoms with van der Waals surface area (Å²) >= 11 is 0. The van der Waals surface area contributed by atoms with Crippen molar-refractivity contribution in [3.8, 4) is 0 Å². The molecule has 25 heavy (non-hydrogen) atoms. The van der Waals surface area contributed by atoms with Gasteiger partial charge in [-0.3, -0.25) is 9.59 Å². The number of carbonyl (C=O) groups excluding carboxylic acids is 2. The van der Waals surface area contributed by atoms with Gasteiger partial charge in [0, 0.05) is 25.5 Å². The molecule has 0 bridgehead atoms. The maximum Gasteiger partial charge on any atom is 0.233 e. The summed E-state index contributed by atoms with van der Waals surface area (Å²) in [7, 11) is 3.74. The Morgan fingerprint density at radius 3 is 2.08 bits per heavy atom. The van der Waals surface area contributed by atoms with E-state index in [1.54, 1.807) is 24.3 Å². The minimum atomic E-state index is -1.69. The maximum atomic E-state index is 13.5. The van der Waals surface area contributed by atoms with Gasteiger partial charge in [-0.05, 0) is 36.4 Å². The van der Waals surface area contributed by atoms with Crippen LogP contribution in [0.5, 0.6) is 0 Å². The molecule has 0 unspecified atom stereocenters. The highest BCUT2D eigenvalue weighted by molar-refractivity contribution is 6.08. The first-order valence-electron chi connectivity index (χ1n) is 7.28. The highest BCUT2D eigenvalue weighted by atomic mass is 19.2. The second-order valence-corrected chi connectivity index (χ2v) is 5.44. The largest absolute Gasteiger partial charge is 0.378 e. The van der Waals surface area contributed by atoms with Crippen LogP contribution in [0, 0.1) is 17.5 Å². The van der Waals surface area contributed by atoms with E-state index in [9.17, 15) is 22.8 Å². The van der Waals surface area contributed by atoms with Crippen molar-refractivity contribution in [3.05, 3.63) is 53.8 Å². The predicted molar refractivity (Wildman–Crippen MR) is 89.0 cm³/mol. The number of carbonyl (C=O) groups is 2. The lowest BCUT2D eigenvalue weighted by molar-refractivity contribution is -0.123. The van der Waals surface area contributed by atoms with Gasteiger partial charge in [0.15, 0.2) is 17.5 Å². The number of hydrogen-bond acceptors (Lipinski definition) is 3. The monoisotopic (exact) mass is 351 g/mol. The molecule has 0 saturated carbocycles. The molecule has 132 valence electrons. The molecule has 5 nitrogen and oxygen atoms in total. The maximum absolute atomic E-state index is 13.5. The van der Waals surface area contributed by atoms with Gasteiger partial charge in [0.05, 0.1) is 5.69 Å². The second kappa shape index (κ2) is 7.69. The summed E-state index contributed by atoms with van der Waals surface area (Å²) in [4.78, 5) is 25.5. The summed E-state index contributed by atoms with van der Waals surface area (Å²) in [6.07, 6.45) is -0.603. The third-order valence-corrected chi connectivity index (χ3v) is 3.30. The number of nitrogens with one attached hydrogen (secondary N) is 2. The molecule has 0 spiro atoms. The van der Waals surface area contributed by atoms with Crippen LogP contribution in [0.4, 0.5) is 30.2 Å². The summed E-state index contributed by atoms with van der Waals surface area (Å²) in [6, 6.07) is 8.46. The first-order valence-corrected chi connectivity index (χ1v) is 7.28. The molecular weight excluding hydrogens is 335 g/mol. The lowest BCUT2D eigenvalue weighted by Crippen LogP contribution is -2.22. The number of nitrogens with zero attached hydrogens (tertiary/aromatic N) is 1. The molecule has 2 aromatic rings. The summed E-state index contributed by atoms with van der Waals surface area (Å²) < 4.78 is 39.4. The smallest absolute Gasteiger partial charge is 0.233 e. The third kappa shape index (κ3) is 4.72. The minimum Gasteiger partial charge on any atom is -0.378 e. The van der Waals surface area contributed by atoms with Crippen LogP contribution < -0.4 is 15.5 Å². The van der Waals surface area contributed by atoms with Gasteiger partial charge in [-0.25, -0.2) is 13.2 Å². The van der Waals surface area contributed by atoms with Crippen LogP contribution in [-0.4, -0.2) is 25.9 Å². The van der Waals surface area contributed by atoms with Crippen molar-refractivity contribution < 1.29 is 22.8 Å². The van der Waals surface area contributed by atoms with E-state index >= 15 is 0 Å². The Hall–Kier alpha value is -3.03. The molecule has 0 aliphatic carbocycles. The summed E-state index contributed by atoms with van der Waals surface area (Å²) in [6.45, 7) is 0. The van der Waals surface area contributed by atoms with Crippen molar-refractivity contribution in [1.29, 1.82) is 0 Å². The fraction of sp³-hybridized carbons (Fsp3) is 0.176. The standard InChI is InChI=1S/C17H16F3N3O2/c1-23(2)11-5-3-10(4-6-11)21-14(24)9-15(25)22-13-8-7-12(18)16(19)17(13)20/h3-8H,9H2,1-2H3,(H,21,24)(H,22,25). The number of halogens is 3. The number of hydrogen-bond donors (Lipinski definition) is 2. The van der Waals surface area contributed by atoms with E-state index in [0.717, 1.165) is 11.8 Å². The average Bonchev–Trinajstić information content (AvgIpc) is 2.55. The van der Waals surface area contributed by atoms with Gasteiger partial charge in [-0.1, -0.05) is 0 Å². The fourth-order valence-electron chi connectivity index (χ4n) is 2.01. The van der Waals surface area contributed by atoms with E-state index in [1.807, 2.05) is 24.3 Å². The van der Waals surface area contributed by atoms with E-state index in [2.05, 4.69) is 5.32 Å². The van der Waals surface area contributed by atoms with Crippen LogP contribution in [0.15, 0.2) is 36.4 Å². The topological polar surface area (TPSA) is 61.4 Å². The van der Waals surface area contributed by atoms with Crippen LogP contribution in [0.1, 0.15) is 6.42 Å². The lowest BCUT2D eigenvalue weighted by Gasteiger charge is -2.13. The number of rotatable bonds is 5. The van der Waals surface area contributed by atoms with Crippen LogP contribution in [0.2, 0.25) is 0 Å². The summed E-state index contributed by atoms with van der Waals surface area (Å²) in [5.41, 5.74) is 0.888. The molecular formula is C17H16F3N3O2. The Labute approximate surface area is 142 Å². The van der Waals surface area contributed by atoms with Gasteiger partial charge in [-0.15, -0.1) is 0 Å². The van der Waals surface area contributed by atoms with Crippen molar-refractivity contribution in [2.75, 3.05) is 29.6 Å². The SMILES string of the molecule is CN(C)c1ccc(NC(=O)CC(=O)Nc2ccc(F)c(F)c2F)cc1. The van der Waals surface area contributed by atoms with Gasteiger partial charge in [-0.2, -0.15) is 0 Å². The Bertz CT molecular complexity index is 792. The number of anilines is 3. The van der Waals surface area contributed by atoms with Crippen molar-refractivity contribution in [2.24, 2.45) is 0 Å². The molecule has 2 N–H and O–H groups in total. The zero-order valence-corrected chi connectivity index (χ0v) is 13.6. The van der Waals surface area contributed by atoms with Crippen LogP contribution >= 0.6 is 0 Å². The Balaban J connectivity index is 1.94. The van der Waals surface area contributed by atoms with Gasteiger partial charge in [0.1, 0.15) is 6.42 Å².